The number of aliphatic carboxylic acids is 1. The Morgan fingerprint density at radius 1 is 1.62 bits per heavy atom. The van der Waals surface area contributed by atoms with Crippen molar-refractivity contribution in [2.45, 2.75) is 13.5 Å². The second-order valence-corrected chi connectivity index (χ2v) is 5.10. The van der Waals surface area contributed by atoms with Crippen LogP contribution in [0.15, 0.2) is 21.2 Å². The Morgan fingerprint density at radius 3 is 2.88 bits per heavy atom. The van der Waals surface area contributed by atoms with Crippen molar-refractivity contribution in [2.75, 3.05) is 13.1 Å². The fourth-order valence-corrected chi connectivity index (χ4v) is 2.51. The van der Waals surface area contributed by atoms with Crippen LogP contribution in [0.2, 0.25) is 0 Å². The standard InChI is InChI=1S/C11H14BrNO3/c1-7-4-13(6-9(7)11(14)15)5-8-2-3-10(12)16-8/h2-3,7,9H,4-6H2,1H3,(H,14,15)/t7-,9-/m1/s1. The number of rotatable bonds is 3. The highest BCUT2D eigenvalue weighted by Gasteiger charge is 2.34. The normalized spacial score (nSPS) is 26.1. The van der Waals surface area contributed by atoms with Crippen molar-refractivity contribution >= 4 is 21.9 Å². The average molecular weight is 288 g/mol. The van der Waals surface area contributed by atoms with Crippen LogP contribution in [0.1, 0.15) is 12.7 Å². The van der Waals surface area contributed by atoms with Crippen LogP contribution in [0, 0.1) is 11.8 Å². The van der Waals surface area contributed by atoms with Gasteiger partial charge in [0.1, 0.15) is 5.76 Å². The minimum Gasteiger partial charge on any atom is -0.481 e. The van der Waals surface area contributed by atoms with E-state index >= 15 is 0 Å². The second-order valence-electron chi connectivity index (χ2n) is 4.32. The van der Waals surface area contributed by atoms with Crippen LogP contribution in [-0.2, 0) is 11.3 Å². The lowest BCUT2D eigenvalue weighted by molar-refractivity contribution is -0.142. The van der Waals surface area contributed by atoms with Gasteiger partial charge in [0.25, 0.3) is 0 Å². The topological polar surface area (TPSA) is 53.7 Å². The quantitative estimate of drug-likeness (QED) is 0.926. The summed E-state index contributed by atoms with van der Waals surface area (Å²) in [4.78, 5) is 13.1. The first-order valence-corrected chi connectivity index (χ1v) is 6.05. The SMILES string of the molecule is C[C@@H]1CN(Cc2ccc(Br)o2)C[C@H]1C(=O)O. The van der Waals surface area contributed by atoms with Gasteiger partial charge in [-0.15, -0.1) is 0 Å². The summed E-state index contributed by atoms with van der Waals surface area (Å²) in [5.41, 5.74) is 0. The number of nitrogens with zero attached hydrogens (tertiary/aromatic N) is 1. The average Bonchev–Trinajstić information content (AvgIpc) is 2.73. The zero-order valence-electron chi connectivity index (χ0n) is 9.02. The minimum absolute atomic E-state index is 0.205. The third-order valence-electron chi connectivity index (χ3n) is 3.01. The molecule has 2 rings (SSSR count). The molecule has 16 heavy (non-hydrogen) atoms. The van der Waals surface area contributed by atoms with Crippen LogP contribution < -0.4 is 0 Å². The molecule has 0 unspecified atom stereocenters. The zero-order valence-corrected chi connectivity index (χ0v) is 10.6. The molecule has 0 saturated carbocycles. The number of carboxylic acid groups (broad SMARTS) is 1. The number of carbonyl (C=O) groups is 1. The molecule has 1 aromatic rings. The molecule has 0 radical (unpaired) electrons. The smallest absolute Gasteiger partial charge is 0.308 e. The third kappa shape index (κ3) is 2.47. The first kappa shape index (κ1) is 11.7. The predicted molar refractivity (Wildman–Crippen MR) is 62.0 cm³/mol. The summed E-state index contributed by atoms with van der Waals surface area (Å²) >= 11 is 3.25. The van der Waals surface area contributed by atoms with Gasteiger partial charge in [-0.05, 0) is 34.0 Å². The van der Waals surface area contributed by atoms with Crippen molar-refractivity contribution in [1.82, 2.24) is 4.90 Å². The van der Waals surface area contributed by atoms with Gasteiger partial charge in [0, 0.05) is 13.1 Å². The summed E-state index contributed by atoms with van der Waals surface area (Å²) in [6, 6.07) is 3.76. The van der Waals surface area contributed by atoms with E-state index in [-0.39, 0.29) is 11.8 Å². The maximum atomic E-state index is 11.0. The first-order valence-electron chi connectivity index (χ1n) is 5.25. The van der Waals surface area contributed by atoms with E-state index in [4.69, 9.17) is 9.52 Å². The molecular formula is C11H14BrNO3. The molecular weight excluding hydrogens is 274 g/mol. The summed E-state index contributed by atoms with van der Waals surface area (Å²) in [6.07, 6.45) is 0. The molecule has 2 atom stereocenters. The van der Waals surface area contributed by atoms with Crippen molar-refractivity contribution in [3.63, 3.8) is 0 Å². The number of hydrogen-bond donors (Lipinski definition) is 1. The van der Waals surface area contributed by atoms with Crippen LogP contribution in [0.4, 0.5) is 0 Å². The van der Waals surface area contributed by atoms with Crippen molar-refractivity contribution < 1.29 is 14.3 Å². The minimum atomic E-state index is -0.698. The van der Waals surface area contributed by atoms with Gasteiger partial charge in [-0.1, -0.05) is 6.92 Å². The Balaban J connectivity index is 1.96. The van der Waals surface area contributed by atoms with Gasteiger partial charge in [0.15, 0.2) is 4.67 Å². The van der Waals surface area contributed by atoms with Gasteiger partial charge < -0.3 is 9.52 Å². The summed E-state index contributed by atoms with van der Waals surface area (Å²) < 4.78 is 6.12. The van der Waals surface area contributed by atoms with E-state index in [0.29, 0.717) is 17.8 Å². The molecule has 0 spiro atoms. The van der Waals surface area contributed by atoms with Crippen LogP contribution in [0.3, 0.4) is 0 Å². The largest absolute Gasteiger partial charge is 0.481 e. The highest BCUT2D eigenvalue weighted by molar-refractivity contribution is 9.10. The molecule has 1 aliphatic rings. The maximum Gasteiger partial charge on any atom is 0.308 e. The number of hydrogen-bond acceptors (Lipinski definition) is 3. The van der Waals surface area contributed by atoms with Crippen LogP contribution in [0.25, 0.3) is 0 Å². The van der Waals surface area contributed by atoms with E-state index in [0.717, 1.165) is 12.3 Å². The van der Waals surface area contributed by atoms with Crippen molar-refractivity contribution in [2.24, 2.45) is 11.8 Å². The zero-order chi connectivity index (χ0) is 11.7. The van der Waals surface area contributed by atoms with E-state index < -0.39 is 5.97 Å². The molecule has 1 aliphatic heterocycles. The Bertz CT molecular complexity index is 390. The molecule has 4 nitrogen and oxygen atoms in total. The number of furan rings is 1. The maximum absolute atomic E-state index is 11.0. The van der Waals surface area contributed by atoms with E-state index in [1.54, 1.807) is 0 Å². The molecule has 1 saturated heterocycles. The molecule has 88 valence electrons. The first-order chi connectivity index (χ1) is 7.56. The summed E-state index contributed by atoms with van der Waals surface area (Å²) in [7, 11) is 0. The lowest BCUT2D eigenvalue weighted by Crippen LogP contribution is -2.22. The molecule has 0 bridgehead atoms. The highest BCUT2D eigenvalue weighted by atomic mass is 79.9. The van der Waals surface area contributed by atoms with Crippen molar-refractivity contribution in [3.05, 3.63) is 22.6 Å². The lowest BCUT2D eigenvalue weighted by atomic mass is 9.99. The van der Waals surface area contributed by atoms with Crippen LogP contribution in [0.5, 0.6) is 0 Å². The second kappa shape index (κ2) is 4.59. The van der Waals surface area contributed by atoms with E-state index in [1.807, 2.05) is 19.1 Å². The molecule has 1 fully saturated rings. The number of carboxylic acids is 1. The van der Waals surface area contributed by atoms with Gasteiger partial charge in [-0.2, -0.15) is 0 Å². The van der Waals surface area contributed by atoms with Crippen molar-refractivity contribution in [1.29, 1.82) is 0 Å². The molecule has 2 heterocycles. The molecule has 0 amide bonds. The van der Waals surface area contributed by atoms with Crippen molar-refractivity contribution in [3.8, 4) is 0 Å². The van der Waals surface area contributed by atoms with E-state index in [9.17, 15) is 4.79 Å². The van der Waals surface area contributed by atoms with E-state index in [2.05, 4.69) is 20.8 Å². The Labute approximate surface area is 102 Å². The van der Waals surface area contributed by atoms with E-state index in [1.165, 1.54) is 0 Å². The van der Waals surface area contributed by atoms with Gasteiger partial charge >= 0.3 is 5.97 Å². The van der Waals surface area contributed by atoms with Crippen LogP contribution in [-0.4, -0.2) is 29.1 Å². The highest BCUT2D eigenvalue weighted by Crippen LogP contribution is 2.25. The lowest BCUT2D eigenvalue weighted by Gasteiger charge is -2.12. The van der Waals surface area contributed by atoms with Gasteiger partial charge in [0.05, 0.1) is 12.5 Å². The van der Waals surface area contributed by atoms with Crippen LogP contribution >= 0.6 is 15.9 Å². The number of halogens is 1. The molecule has 1 aromatic heterocycles. The fourth-order valence-electron chi connectivity index (χ4n) is 2.17. The summed E-state index contributed by atoms with van der Waals surface area (Å²) in [5.74, 6) is 0.120. The summed E-state index contributed by atoms with van der Waals surface area (Å²) in [6.45, 7) is 4.08. The summed E-state index contributed by atoms with van der Waals surface area (Å²) in [5, 5.41) is 9.01. The molecule has 0 aromatic carbocycles. The third-order valence-corrected chi connectivity index (χ3v) is 3.44. The number of likely N-dealkylation sites (tertiary alicyclic amines) is 1. The van der Waals surface area contributed by atoms with Gasteiger partial charge in [0.2, 0.25) is 0 Å². The Kier molecular flexibility index (Phi) is 3.35. The molecule has 0 aliphatic carbocycles. The predicted octanol–water partition coefficient (Wildman–Crippen LogP) is 2.19. The van der Waals surface area contributed by atoms with Gasteiger partial charge in [-0.3, -0.25) is 9.69 Å². The van der Waals surface area contributed by atoms with Gasteiger partial charge in [-0.25, -0.2) is 0 Å². The Hall–Kier alpha value is -0.810. The Morgan fingerprint density at radius 2 is 2.38 bits per heavy atom. The fraction of sp³-hybridized carbons (Fsp3) is 0.545. The molecule has 5 heteroatoms. The monoisotopic (exact) mass is 287 g/mol. The molecule has 1 N–H and O–H groups in total.